The minimum atomic E-state index is -0.291. The molecule has 2 nitrogen and oxygen atoms in total. The van der Waals surface area contributed by atoms with E-state index in [1.165, 1.54) is 30.4 Å². The van der Waals surface area contributed by atoms with Gasteiger partial charge in [-0.1, -0.05) is 6.07 Å². The zero-order valence-corrected chi connectivity index (χ0v) is 11.1. The van der Waals surface area contributed by atoms with Crippen LogP contribution in [-0.2, 0) is 6.54 Å². The van der Waals surface area contributed by atoms with E-state index in [0.717, 1.165) is 12.5 Å². The Morgan fingerprint density at radius 2 is 2.17 bits per heavy atom. The molecule has 0 aliphatic carbocycles. The molecule has 1 saturated heterocycles. The first kappa shape index (κ1) is 13.4. The monoisotopic (exact) mass is 264 g/mol. The van der Waals surface area contributed by atoms with Gasteiger partial charge in [0.15, 0.2) is 0 Å². The van der Waals surface area contributed by atoms with E-state index < -0.39 is 0 Å². The summed E-state index contributed by atoms with van der Waals surface area (Å²) in [5, 5.41) is 12.0. The first-order valence-corrected chi connectivity index (χ1v) is 7.42. The Morgan fingerprint density at radius 3 is 2.83 bits per heavy atom. The highest BCUT2D eigenvalue weighted by molar-refractivity contribution is 7.99. The van der Waals surface area contributed by atoms with Crippen LogP contribution >= 0.6 is 11.8 Å². The van der Waals surface area contributed by atoms with Crippen molar-refractivity contribution in [2.24, 2.45) is 5.92 Å². The number of nitrogens with one attached hydrogen (secondary N) is 1. The number of halogens is 1. The van der Waals surface area contributed by atoms with Crippen LogP contribution in [-0.4, -0.2) is 18.1 Å². The lowest BCUT2D eigenvalue weighted by Gasteiger charge is -2.21. The van der Waals surface area contributed by atoms with Crippen LogP contribution < -0.4 is 5.32 Å². The van der Waals surface area contributed by atoms with Gasteiger partial charge in [-0.2, -0.15) is 17.0 Å². The third kappa shape index (κ3) is 3.72. The summed E-state index contributed by atoms with van der Waals surface area (Å²) < 4.78 is 13.6. The van der Waals surface area contributed by atoms with Gasteiger partial charge in [-0.15, -0.1) is 0 Å². The van der Waals surface area contributed by atoms with Crippen LogP contribution in [0.25, 0.3) is 0 Å². The zero-order chi connectivity index (χ0) is 12.8. The lowest BCUT2D eigenvalue weighted by molar-refractivity contribution is 0.444. The van der Waals surface area contributed by atoms with Gasteiger partial charge in [-0.05, 0) is 48.9 Å². The summed E-state index contributed by atoms with van der Waals surface area (Å²) in [6, 6.07) is 6.60. The van der Waals surface area contributed by atoms with Crippen molar-refractivity contribution >= 4 is 11.8 Å². The maximum Gasteiger partial charge on any atom is 0.129 e. The van der Waals surface area contributed by atoms with Gasteiger partial charge in [0.25, 0.3) is 0 Å². The van der Waals surface area contributed by atoms with Gasteiger partial charge >= 0.3 is 0 Å². The van der Waals surface area contributed by atoms with E-state index >= 15 is 0 Å². The van der Waals surface area contributed by atoms with Gasteiger partial charge in [-0.3, -0.25) is 0 Å². The second-order valence-electron chi connectivity index (χ2n) is 4.60. The number of hydrogen-bond acceptors (Lipinski definition) is 3. The summed E-state index contributed by atoms with van der Waals surface area (Å²) in [7, 11) is 0. The van der Waals surface area contributed by atoms with Gasteiger partial charge in [-0.25, -0.2) is 4.39 Å². The average Bonchev–Trinajstić information content (AvgIpc) is 2.42. The highest BCUT2D eigenvalue weighted by Crippen LogP contribution is 2.22. The van der Waals surface area contributed by atoms with E-state index in [9.17, 15) is 4.39 Å². The normalized spacial score (nSPS) is 16.4. The fraction of sp³-hybridized carbons (Fsp3) is 0.500. The molecule has 0 saturated carbocycles. The Labute approximate surface area is 112 Å². The van der Waals surface area contributed by atoms with Crippen molar-refractivity contribution in [3.63, 3.8) is 0 Å². The molecule has 0 amide bonds. The number of nitrogens with zero attached hydrogens (tertiary/aromatic N) is 1. The van der Waals surface area contributed by atoms with Crippen LogP contribution in [0.5, 0.6) is 0 Å². The van der Waals surface area contributed by atoms with Gasteiger partial charge in [0.1, 0.15) is 5.82 Å². The maximum absolute atomic E-state index is 13.6. The predicted octanol–water partition coefficient (Wildman–Crippen LogP) is 2.93. The van der Waals surface area contributed by atoms with Crippen molar-refractivity contribution in [1.82, 2.24) is 5.32 Å². The summed E-state index contributed by atoms with van der Waals surface area (Å²) in [6.45, 7) is 1.50. The first-order chi connectivity index (χ1) is 8.79. The van der Waals surface area contributed by atoms with Gasteiger partial charge in [0.2, 0.25) is 0 Å². The molecule has 0 atom stereocenters. The fourth-order valence-corrected chi connectivity index (χ4v) is 3.33. The minimum Gasteiger partial charge on any atom is -0.312 e. The van der Waals surface area contributed by atoms with Crippen LogP contribution in [0.1, 0.15) is 24.0 Å². The maximum atomic E-state index is 13.6. The van der Waals surface area contributed by atoms with Crippen LogP contribution in [0.15, 0.2) is 18.2 Å². The molecule has 0 bridgehead atoms. The summed E-state index contributed by atoms with van der Waals surface area (Å²) in [4.78, 5) is 0. The van der Waals surface area contributed by atoms with E-state index in [-0.39, 0.29) is 5.82 Å². The topological polar surface area (TPSA) is 35.8 Å². The molecule has 1 aliphatic heterocycles. The van der Waals surface area contributed by atoms with Crippen molar-refractivity contribution in [2.45, 2.75) is 19.4 Å². The van der Waals surface area contributed by atoms with E-state index in [1.54, 1.807) is 12.1 Å². The fourth-order valence-electron chi connectivity index (χ4n) is 2.12. The molecule has 0 spiro atoms. The zero-order valence-electron chi connectivity index (χ0n) is 10.3. The summed E-state index contributed by atoms with van der Waals surface area (Å²) in [6.07, 6.45) is 2.51. The van der Waals surface area contributed by atoms with Crippen LogP contribution in [0.2, 0.25) is 0 Å². The molecule has 1 aromatic carbocycles. The quantitative estimate of drug-likeness (QED) is 0.908. The third-order valence-electron chi connectivity index (χ3n) is 3.27. The molecule has 1 N–H and O–H groups in total. The van der Waals surface area contributed by atoms with Gasteiger partial charge in [0, 0.05) is 12.1 Å². The molecule has 0 unspecified atom stereocenters. The highest BCUT2D eigenvalue weighted by atomic mass is 32.2. The lowest BCUT2D eigenvalue weighted by Crippen LogP contribution is -2.25. The second-order valence-corrected chi connectivity index (χ2v) is 5.83. The van der Waals surface area contributed by atoms with Crippen LogP contribution in [0.3, 0.4) is 0 Å². The van der Waals surface area contributed by atoms with Crippen molar-refractivity contribution in [3.8, 4) is 6.07 Å². The largest absolute Gasteiger partial charge is 0.312 e. The average molecular weight is 264 g/mol. The standard InChI is InChI=1S/C14H17FN2S/c15-14-7-12(8-16)1-2-13(14)10-17-9-11-3-5-18-6-4-11/h1-2,7,11,17H,3-6,9-10H2. The molecule has 1 aliphatic rings. The highest BCUT2D eigenvalue weighted by Gasteiger charge is 2.13. The summed E-state index contributed by atoms with van der Waals surface area (Å²) in [5.74, 6) is 2.93. The molecule has 0 aromatic heterocycles. The number of nitriles is 1. The Hall–Kier alpha value is -1.05. The van der Waals surface area contributed by atoms with Gasteiger partial charge < -0.3 is 5.32 Å². The summed E-state index contributed by atoms with van der Waals surface area (Å²) in [5.41, 5.74) is 1.01. The number of rotatable bonds is 4. The molecule has 4 heteroatoms. The van der Waals surface area contributed by atoms with Gasteiger partial charge in [0.05, 0.1) is 11.6 Å². The van der Waals surface area contributed by atoms with Crippen LogP contribution in [0.4, 0.5) is 4.39 Å². The smallest absolute Gasteiger partial charge is 0.129 e. The van der Waals surface area contributed by atoms with Crippen LogP contribution in [0, 0.1) is 23.1 Å². The Balaban J connectivity index is 1.81. The minimum absolute atomic E-state index is 0.291. The molecule has 1 heterocycles. The van der Waals surface area contributed by atoms with E-state index in [1.807, 2.05) is 17.8 Å². The molecular weight excluding hydrogens is 247 g/mol. The SMILES string of the molecule is N#Cc1ccc(CNCC2CCSCC2)c(F)c1. The van der Waals surface area contributed by atoms with E-state index in [4.69, 9.17) is 5.26 Å². The van der Waals surface area contributed by atoms with E-state index in [0.29, 0.717) is 17.7 Å². The molecule has 96 valence electrons. The van der Waals surface area contributed by atoms with E-state index in [2.05, 4.69) is 5.32 Å². The number of hydrogen-bond donors (Lipinski definition) is 1. The molecule has 0 radical (unpaired) electrons. The van der Waals surface area contributed by atoms with Crippen molar-refractivity contribution in [1.29, 1.82) is 5.26 Å². The predicted molar refractivity (Wildman–Crippen MR) is 72.9 cm³/mol. The Kier molecular flexibility index (Phi) is 5.03. The molecular formula is C14H17FN2S. The van der Waals surface area contributed by atoms with Crippen molar-refractivity contribution < 1.29 is 4.39 Å². The third-order valence-corrected chi connectivity index (χ3v) is 4.32. The number of benzene rings is 1. The second kappa shape index (κ2) is 6.77. The molecule has 1 aromatic rings. The molecule has 18 heavy (non-hydrogen) atoms. The Bertz CT molecular complexity index is 436. The van der Waals surface area contributed by atoms with Crippen molar-refractivity contribution in [2.75, 3.05) is 18.1 Å². The van der Waals surface area contributed by atoms with Crippen molar-refractivity contribution in [3.05, 3.63) is 35.1 Å². The number of thioether (sulfide) groups is 1. The first-order valence-electron chi connectivity index (χ1n) is 6.26. The summed E-state index contributed by atoms with van der Waals surface area (Å²) >= 11 is 2.02. The molecule has 1 fully saturated rings. The Morgan fingerprint density at radius 1 is 1.39 bits per heavy atom. The molecule has 2 rings (SSSR count). The lowest BCUT2D eigenvalue weighted by atomic mass is 10.0.